The molecule has 0 saturated carbocycles. The normalized spacial score (nSPS) is 16.4. The van der Waals surface area contributed by atoms with E-state index in [9.17, 15) is 14.7 Å². The van der Waals surface area contributed by atoms with E-state index in [4.69, 9.17) is 16.3 Å². The highest BCUT2D eigenvalue weighted by atomic mass is 35.5. The van der Waals surface area contributed by atoms with Crippen molar-refractivity contribution in [3.8, 4) is 5.75 Å². The molecule has 1 aromatic rings. The Kier molecular flexibility index (Phi) is 5.03. The summed E-state index contributed by atoms with van der Waals surface area (Å²) in [7, 11) is 0. The summed E-state index contributed by atoms with van der Waals surface area (Å²) in [6, 6.07) is 3.42. The number of nitrogens with zero attached hydrogens (tertiary/aromatic N) is 1. The van der Waals surface area contributed by atoms with Gasteiger partial charge in [-0.05, 0) is 25.1 Å². The fourth-order valence-corrected chi connectivity index (χ4v) is 2.28. The summed E-state index contributed by atoms with van der Waals surface area (Å²) in [5.74, 6) is -0.718. The van der Waals surface area contributed by atoms with Crippen LogP contribution in [0.1, 0.15) is 17.3 Å². The Bertz CT molecular complexity index is 544. The van der Waals surface area contributed by atoms with E-state index in [1.807, 2.05) is 0 Å². The maximum atomic E-state index is 12.2. The third-order valence-corrected chi connectivity index (χ3v) is 3.56. The maximum absolute atomic E-state index is 12.2. The number of aromatic hydroxyl groups is 1. The molecule has 1 aliphatic heterocycles. The van der Waals surface area contributed by atoms with Gasteiger partial charge in [0.25, 0.3) is 5.91 Å². The van der Waals surface area contributed by atoms with Gasteiger partial charge in [0.15, 0.2) is 0 Å². The van der Waals surface area contributed by atoms with Gasteiger partial charge in [0, 0.05) is 13.1 Å². The van der Waals surface area contributed by atoms with E-state index in [1.165, 1.54) is 18.2 Å². The SMILES string of the molecule is CC(NC(=O)c1cc(O)ccc1Cl)C(=O)N1CCOCC1. The van der Waals surface area contributed by atoms with Crippen molar-refractivity contribution >= 4 is 23.4 Å². The molecule has 6 nitrogen and oxygen atoms in total. The van der Waals surface area contributed by atoms with Gasteiger partial charge in [-0.2, -0.15) is 0 Å². The molecule has 1 saturated heterocycles. The summed E-state index contributed by atoms with van der Waals surface area (Å²) in [4.78, 5) is 26.0. The molecule has 7 heteroatoms. The fraction of sp³-hybridized carbons (Fsp3) is 0.429. The number of phenolic OH excluding ortho intramolecular Hbond substituents is 1. The summed E-state index contributed by atoms with van der Waals surface area (Å²) in [6.45, 7) is 3.67. The standard InChI is InChI=1S/C14H17ClN2O4/c1-9(14(20)17-4-6-21-7-5-17)16-13(19)11-8-10(18)2-3-12(11)15/h2-3,8-9,18H,4-7H2,1H3,(H,16,19). The van der Waals surface area contributed by atoms with Crippen molar-refractivity contribution in [2.24, 2.45) is 0 Å². The number of nitrogens with one attached hydrogen (secondary N) is 1. The predicted octanol–water partition coefficient (Wildman–Crippen LogP) is 1.02. The summed E-state index contributed by atoms with van der Waals surface area (Å²) >= 11 is 5.92. The third kappa shape index (κ3) is 3.86. The first-order valence-corrected chi connectivity index (χ1v) is 7.02. The monoisotopic (exact) mass is 312 g/mol. The Morgan fingerprint density at radius 2 is 2.05 bits per heavy atom. The van der Waals surface area contributed by atoms with Gasteiger partial charge in [0.1, 0.15) is 11.8 Å². The number of ether oxygens (including phenoxy) is 1. The molecule has 114 valence electrons. The Morgan fingerprint density at radius 3 is 2.71 bits per heavy atom. The summed E-state index contributed by atoms with van der Waals surface area (Å²) in [6.07, 6.45) is 0. The zero-order chi connectivity index (χ0) is 15.4. The summed E-state index contributed by atoms with van der Waals surface area (Å²) in [5, 5.41) is 12.2. The van der Waals surface area contributed by atoms with Crippen molar-refractivity contribution < 1.29 is 19.4 Å². The minimum atomic E-state index is -0.672. The number of phenols is 1. The van der Waals surface area contributed by atoms with Crippen LogP contribution in [-0.2, 0) is 9.53 Å². The number of carbonyl (C=O) groups is 2. The van der Waals surface area contributed by atoms with Gasteiger partial charge in [-0.15, -0.1) is 0 Å². The average Bonchev–Trinajstić information content (AvgIpc) is 2.49. The summed E-state index contributed by atoms with van der Waals surface area (Å²) in [5.41, 5.74) is 0.137. The van der Waals surface area contributed by atoms with Crippen LogP contribution in [0, 0.1) is 0 Å². The van der Waals surface area contributed by atoms with Gasteiger partial charge >= 0.3 is 0 Å². The molecule has 2 rings (SSSR count). The molecule has 0 aliphatic carbocycles. The molecule has 2 N–H and O–H groups in total. The van der Waals surface area contributed by atoms with Crippen molar-refractivity contribution in [3.63, 3.8) is 0 Å². The Balaban J connectivity index is 2.01. The number of hydrogen-bond acceptors (Lipinski definition) is 4. The van der Waals surface area contributed by atoms with E-state index < -0.39 is 11.9 Å². The van der Waals surface area contributed by atoms with Crippen LogP contribution in [0.25, 0.3) is 0 Å². The van der Waals surface area contributed by atoms with E-state index in [1.54, 1.807) is 11.8 Å². The second-order valence-corrected chi connectivity index (χ2v) is 5.20. The van der Waals surface area contributed by atoms with Crippen molar-refractivity contribution in [1.82, 2.24) is 10.2 Å². The number of hydrogen-bond donors (Lipinski definition) is 2. The van der Waals surface area contributed by atoms with Crippen molar-refractivity contribution in [1.29, 1.82) is 0 Å². The zero-order valence-corrected chi connectivity index (χ0v) is 12.4. The van der Waals surface area contributed by atoms with Crippen LogP contribution in [0.4, 0.5) is 0 Å². The van der Waals surface area contributed by atoms with E-state index in [2.05, 4.69) is 5.32 Å². The van der Waals surface area contributed by atoms with Crippen molar-refractivity contribution in [2.45, 2.75) is 13.0 Å². The smallest absolute Gasteiger partial charge is 0.253 e. The topological polar surface area (TPSA) is 78.9 Å². The molecule has 21 heavy (non-hydrogen) atoms. The molecule has 1 atom stereocenters. The van der Waals surface area contributed by atoms with Crippen LogP contribution in [0.3, 0.4) is 0 Å². The van der Waals surface area contributed by atoms with E-state index in [-0.39, 0.29) is 22.2 Å². The molecule has 1 aliphatic rings. The van der Waals surface area contributed by atoms with Gasteiger partial charge in [-0.1, -0.05) is 11.6 Å². The molecule has 0 radical (unpaired) electrons. The largest absolute Gasteiger partial charge is 0.508 e. The average molecular weight is 313 g/mol. The van der Waals surface area contributed by atoms with Crippen molar-refractivity contribution in [2.75, 3.05) is 26.3 Å². The lowest BCUT2D eigenvalue weighted by Crippen LogP contribution is -2.50. The van der Waals surface area contributed by atoms with E-state index >= 15 is 0 Å². The van der Waals surface area contributed by atoms with Crippen LogP contribution in [0.15, 0.2) is 18.2 Å². The minimum absolute atomic E-state index is 0.0586. The highest BCUT2D eigenvalue weighted by Crippen LogP contribution is 2.21. The van der Waals surface area contributed by atoms with Gasteiger partial charge in [-0.3, -0.25) is 9.59 Å². The van der Waals surface area contributed by atoms with Gasteiger partial charge < -0.3 is 20.1 Å². The molecule has 1 unspecified atom stereocenters. The Hall–Kier alpha value is -1.79. The van der Waals surface area contributed by atoms with E-state index in [0.29, 0.717) is 26.3 Å². The number of rotatable bonds is 3. The van der Waals surface area contributed by atoms with Crippen LogP contribution >= 0.6 is 11.6 Å². The molecular weight excluding hydrogens is 296 g/mol. The van der Waals surface area contributed by atoms with Crippen LogP contribution in [-0.4, -0.2) is 54.2 Å². The zero-order valence-electron chi connectivity index (χ0n) is 11.6. The lowest BCUT2D eigenvalue weighted by atomic mass is 10.1. The maximum Gasteiger partial charge on any atom is 0.253 e. The van der Waals surface area contributed by atoms with Crippen LogP contribution < -0.4 is 5.32 Å². The first-order chi connectivity index (χ1) is 9.99. The number of benzene rings is 1. The lowest BCUT2D eigenvalue weighted by molar-refractivity contribution is -0.136. The molecule has 0 aromatic heterocycles. The van der Waals surface area contributed by atoms with Gasteiger partial charge in [0.2, 0.25) is 5.91 Å². The van der Waals surface area contributed by atoms with Crippen molar-refractivity contribution in [3.05, 3.63) is 28.8 Å². The van der Waals surface area contributed by atoms with Crippen LogP contribution in [0.2, 0.25) is 5.02 Å². The number of morpholine rings is 1. The summed E-state index contributed by atoms with van der Waals surface area (Å²) < 4.78 is 5.18. The van der Waals surface area contributed by atoms with Gasteiger partial charge in [-0.25, -0.2) is 0 Å². The number of amides is 2. The fourth-order valence-electron chi connectivity index (χ4n) is 2.08. The number of halogens is 1. The molecule has 0 bridgehead atoms. The van der Waals surface area contributed by atoms with E-state index in [0.717, 1.165) is 0 Å². The van der Waals surface area contributed by atoms with Crippen LogP contribution in [0.5, 0.6) is 5.75 Å². The molecule has 1 aromatic carbocycles. The van der Waals surface area contributed by atoms with Gasteiger partial charge in [0.05, 0.1) is 23.8 Å². The lowest BCUT2D eigenvalue weighted by Gasteiger charge is -2.29. The molecule has 0 spiro atoms. The second kappa shape index (κ2) is 6.78. The predicted molar refractivity (Wildman–Crippen MR) is 77.4 cm³/mol. The minimum Gasteiger partial charge on any atom is -0.508 e. The molecular formula is C14H17ClN2O4. The quantitative estimate of drug-likeness (QED) is 0.873. The molecule has 1 heterocycles. The highest BCUT2D eigenvalue weighted by molar-refractivity contribution is 6.34. The Labute approximate surface area is 127 Å². The first kappa shape index (κ1) is 15.6. The molecule has 1 fully saturated rings. The Morgan fingerprint density at radius 1 is 1.38 bits per heavy atom. The third-order valence-electron chi connectivity index (χ3n) is 3.24. The highest BCUT2D eigenvalue weighted by Gasteiger charge is 2.24. The number of carbonyl (C=O) groups excluding carboxylic acids is 2. The second-order valence-electron chi connectivity index (χ2n) is 4.80. The first-order valence-electron chi connectivity index (χ1n) is 6.65. The molecule has 2 amide bonds.